The second kappa shape index (κ2) is 4.63. The molecule has 90 valence electrons. The fourth-order valence-electron chi connectivity index (χ4n) is 1.76. The maximum atomic E-state index is 13.8. The third-order valence-corrected chi connectivity index (χ3v) is 2.70. The Hall–Kier alpha value is -1.75. The number of imidazole rings is 1. The fourth-order valence-corrected chi connectivity index (χ4v) is 1.76. The Balaban J connectivity index is 2.49. The maximum absolute atomic E-state index is 13.8. The summed E-state index contributed by atoms with van der Waals surface area (Å²) < 4.78 is 27.3. The lowest BCUT2D eigenvalue weighted by Gasteiger charge is -2.15. The number of aromatic amines is 1. The standard InChI is InChI=1S/C12H13F2N3/c1-7-3-4-8(10(14)9(7)13)11(15-2)12-16-5-6-17-12/h3-6,11,15H,1-2H3,(H,16,17). The van der Waals surface area contributed by atoms with Crippen LogP contribution in [0.25, 0.3) is 0 Å². The first-order valence-electron chi connectivity index (χ1n) is 5.26. The first kappa shape index (κ1) is 11.7. The molecule has 1 unspecified atom stereocenters. The molecule has 1 atom stereocenters. The van der Waals surface area contributed by atoms with Gasteiger partial charge in [-0.3, -0.25) is 0 Å². The number of halogens is 2. The van der Waals surface area contributed by atoms with Gasteiger partial charge in [0.2, 0.25) is 0 Å². The highest BCUT2D eigenvalue weighted by Gasteiger charge is 2.21. The van der Waals surface area contributed by atoms with Gasteiger partial charge in [0.25, 0.3) is 0 Å². The first-order valence-corrected chi connectivity index (χ1v) is 5.26. The average molecular weight is 237 g/mol. The maximum Gasteiger partial charge on any atom is 0.164 e. The molecule has 1 aromatic heterocycles. The van der Waals surface area contributed by atoms with Gasteiger partial charge >= 0.3 is 0 Å². The summed E-state index contributed by atoms with van der Waals surface area (Å²) in [4.78, 5) is 6.94. The summed E-state index contributed by atoms with van der Waals surface area (Å²) in [5.74, 6) is -1.09. The molecule has 2 aromatic rings. The van der Waals surface area contributed by atoms with Crippen LogP contribution in [0.1, 0.15) is 23.0 Å². The van der Waals surface area contributed by atoms with Crippen molar-refractivity contribution >= 4 is 0 Å². The van der Waals surface area contributed by atoms with Crippen molar-refractivity contribution in [3.05, 3.63) is 53.1 Å². The number of H-pyrrole nitrogens is 1. The Morgan fingerprint density at radius 2 is 2.06 bits per heavy atom. The van der Waals surface area contributed by atoms with Crippen LogP contribution >= 0.6 is 0 Å². The molecular formula is C12H13F2N3. The lowest BCUT2D eigenvalue weighted by Crippen LogP contribution is -2.21. The molecular weight excluding hydrogens is 224 g/mol. The molecule has 2 rings (SSSR count). The first-order chi connectivity index (χ1) is 8.15. The van der Waals surface area contributed by atoms with Crippen LogP contribution in [0.5, 0.6) is 0 Å². The highest BCUT2D eigenvalue weighted by Crippen LogP contribution is 2.24. The second-order valence-electron chi connectivity index (χ2n) is 3.80. The molecule has 2 N–H and O–H groups in total. The van der Waals surface area contributed by atoms with Gasteiger partial charge < -0.3 is 10.3 Å². The second-order valence-corrected chi connectivity index (χ2v) is 3.80. The summed E-state index contributed by atoms with van der Waals surface area (Å²) in [5, 5.41) is 2.91. The molecule has 0 aliphatic carbocycles. The van der Waals surface area contributed by atoms with Gasteiger partial charge in [0, 0.05) is 18.0 Å². The van der Waals surface area contributed by atoms with Crippen molar-refractivity contribution in [2.75, 3.05) is 7.05 Å². The van der Waals surface area contributed by atoms with Gasteiger partial charge in [-0.25, -0.2) is 13.8 Å². The van der Waals surface area contributed by atoms with Crippen LogP contribution in [0.2, 0.25) is 0 Å². The van der Waals surface area contributed by atoms with Gasteiger partial charge in [-0.05, 0) is 19.5 Å². The van der Waals surface area contributed by atoms with E-state index in [4.69, 9.17) is 0 Å². The Kier molecular flexibility index (Phi) is 3.19. The molecule has 0 bridgehead atoms. The number of nitrogens with zero attached hydrogens (tertiary/aromatic N) is 1. The van der Waals surface area contributed by atoms with Gasteiger partial charge in [-0.2, -0.15) is 0 Å². The quantitative estimate of drug-likeness (QED) is 0.860. The molecule has 5 heteroatoms. The molecule has 0 spiro atoms. The predicted molar refractivity (Wildman–Crippen MR) is 60.6 cm³/mol. The minimum absolute atomic E-state index is 0.241. The average Bonchev–Trinajstić information content (AvgIpc) is 2.84. The van der Waals surface area contributed by atoms with Gasteiger partial charge in [0.1, 0.15) is 5.82 Å². The van der Waals surface area contributed by atoms with Crippen LogP contribution in [0.15, 0.2) is 24.5 Å². The van der Waals surface area contributed by atoms with Crippen molar-refractivity contribution in [3.8, 4) is 0 Å². The molecule has 0 radical (unpaired) electrons. The van der Waals surface area contributed by atoms with E-state index in [-0.39, 0.29) is 5.56 Å². The van der Waals surface area contributed by atoms with E-state index < -0.39 is 17.7 Å². The number of rotatable bonds is 3. The van der Waals surface area contributed by atoms with E-state index in [2.05, 4.69) is 15.3 Å². The molecule has 0 aliphatic rings. The minimum atomic E-state index is -0.833. The van der Waals surface area contributed by atoms with Gasteiger partial charge in [-0.1, -0.05) is 12.1 Å². The summed E-state index contributed by atoms with van der Waals surface area (Å²) in [7, 11) is 1.67. The van der Waals surface area contributed by atoms with Crippen molar-refractivity contribution < 1.29 is 8.78 Å². The van der Waals surface area contributed by atoms with Crippen LogP contribution in [0.3, 0.4) is 0 Å². The van der Waals surface area contributed by atoms with E-state index in [1.807, 2.05) is 0 Å². The zero-order chi connectivity index (χ0) is 12.4. The van der Waals surface area contributed by atoms with Gasteiger partial charge in [-0.15, -0.1) is 0 Å². The normalized spacial score (nSPS) is 12.7. The van der Waals surface area contributed by atoms with E-state index in [0.29, 0.717) is 11.4 Å². The number of aryl methyl sites for hydroxylation is 1. The van der Waals surface area contributed by atoms with Crippen LogP contribution in [-0.4, -0.2) is 17.0 Å². The lowest BCUT2D eigenvalue weighted by molar-refractivity contribution is 0.479. The van der Waals surface area contributed by atoms with E-state index in [1.165, 1.54) is 6.92 Å². The monoisotopic (exact) mass is 237 g/mol. The predicted octanol–water partition coefficient (Wildman–Crippen LogP) is 2.31. The fraction of sp³-hybridized carbons (Fsp3) is 0.250. The zero-order valence-corrected chi connectivity index (χ0v) is 9.59. The van der Waals surface area contributed by atoms with Crippen molar-refractivity contribution in [1.82, 2.24) is 15.3 Å². The largest absolute Gasteiger partial charge is 0.347 e. The SMILES string of the molecule is CNC(c1ncc[nH]1)c1ccc(C)c(F)c1F. The van der Waals surface area contributed by atoms with Crippen molar-refractivity contribution in [1.29, 1.82) is 0 Å². The van der Waals surface area contributed by atoms with Crippen LogP contribution in [0, 0.1) is 18.6 Å². The Labute approximate surface area is 97.9 Å². The Morgan fingerprint density at radius 3 is 2.65 bits per heavy atom. The van der Waals surface area contributed by atoms with E-state index in [1.54, 1.807) is 31.6 Å². The molecule has 0 fully saturated rings. The molecule has 3 nitrogen and oxygen atoms in total. The topological polar surface area (TPSA) is 40.7 Å². The number of hydrogen-bond acceptors (Lipinski definition) is 2. The van der Waals surface area contributed by atoms with Crippen molar-refractivity contribution in [2.24, 2.45) is 0 Å². The number of aromatic nitrogens is 2. The van der Waals surface area contributed by atoms with Gasteiger partial charge in [0.15, 0.2) is 11.6 Å². The molecule has 0 aliphatic heterocycles. The molecule has 0 amide bonds. The molecule has 0 saturated carbocycles. The summed E-state index contributed by atoms with van der Waals surface area (Å²) in [5.41, 5.74) is 0.533. The number of benzene rings is 1. The minimum Gasteiger partial charge on any atom is -0.347 e. The summed E-state index contributed by atoms with van der Waals surface area (Å²) in [6, 6.07) is 2.64. The molecule has 0 saturated heterocycles. The third-order valence-electron chi connectivity index (χ3n) is 2.70. The van der Waals surface area contributed by atoms with E-state index >= 15 is 0 Å². The molecule has 1 heterocycles. The van der Waals surface area contributed by atoms with E-state index in [0.717, 1.165) is 0 Å². The van der Waals surface area contributed by atoms with Crippen molar-refractivity contribution in [3.63, 3.8) is 0 Å². The number of nitrogens with one attached hydrogen (secondary N) is 2. The summed E-state index contributed by atoms with van der Waals surface area (Å²) in [6.45, 7) is 1.53. The van der Waals surface area contributed by atoms with Crippen LogP contribution < -0.4 is 5.32 Å². The van der Waals surface area contributed by atoms with Crippen LogP contribution in [0.4, 0.5) is 8.78 Å². The van der Waals surface area contributed by atoms with Crippen LogP contribution in [-0.2, 0) is 0 Å². The lowest BCUT2D eigenvalue weighted by atomic mass is 10.0. The van der Waals surface area contributed by atoms with Crippen molar-refractivity contribution in [2.45, 2.75) is 13.0 Å². The highest BCUT2D eigenvalue weighted by molar-refractivity contribution is 5.31. The summed E-state index contributed by atoms with van der Waals surface area (Å²) >= 11 is 0. The highest BCUT2D eigenvalue weighted by atomic mass is 19.2. The summed E-state index contributed by atoms with van der Waals surface area (Å²) in [6.07, 6.45) is 3.21. The third kappa shape index (κ3) is 2.06. The molecule has 17 heavy (non-hydrogen) atoms. The Bertz CT molecular complexity index is 509. The number of hydrogen-bond donors (Lipinski definition) is 2. The smallest absolute Gasteiger partial charge is 0.164 e. The Morgan fingerprint density at radius 1 is 1.29 bits per heavy atom. The van der Waals surface area contributed by atoms with E-state index in [9.17, 15) is 8.78 Å². The van der Waals surface area contributed by atoms with Gasteiger partial charge in [0.05, 0.1) is 6.04 Å². The zero-order valence-electron chi connectivity index (χ0n) is 9.59. The molecule has 1 aromatic carbocycles.